The molecular formula is C17H20ClNO2. The molecule has 3 nitrogen and oxygen atoms in total. The zero-order valence-corrected chi connectivity index (χ0v) is 13.0. The molecule has 0 aliphatic carbocycles. The molecule has 2 aromatic rings. The van der Waals surface area contributed by atoms with Gasteiger partial charge in [0, 0.05) is 22.3 Å². The molecule has 112 valence electrons. The van der Waals surface area contributed by atoms with Crippen molar-refractivity contribution in [3.05, 3.63) is 58.6 Å². The van der Waals surface area contributed by atoms with Gasteiger partial charge in [-0.3, -0.25) is 0 Å². The van der Waals surface area contributed by atoms with Gasteiger partial charge in [-0.05, 0) is 43.7 Å². The van der Waals surface area contributed by atoms with Gasteiger partial charge in [-0.1, -0.05) is 29.8 Å². The lowest BCUT2D eigenvalue weighted by Gasteiger charge is -2.18. The Morgan fingerprint density at radius 1 is 1.24 bits per heavy atom. The minimum atomic E-state index is -0.0503. The smallest absolute Gasteiger partial charge is 0.124 e. The lowest BCUT2D eigenvalue weighted by Crippen LogP contribution is -2.08. The fourth-order valence-corrected chi connectivity index (χ4v) is 2.54. The summed E-state index contributed by atoms with van der Waals surface area (Å²) in [4.78, 5) is 0. The number of rotatable bonds is 6. The van der Waals surface area contributed by atoms with Gasteiger partial charge in [0.1, 0.15) is 5.75 Å². The molecule has 0 aliphatic rings. The third kappa shape index (κ3) is 3.90. The van der Waals surface area contributed by atoms with Crippen LogP contribution in [0.25, 0.3) is 0 Å². The van der Waals surface area contributed by atoms with Gasteiger partial charge >= 0.3 is 0 Å². The van der Waals surface area contributed by atoms with Crippen molar-refractivity contribution in [2.75, 3.05) is 11.9 Å². The first-order valence-electron chi connectivity index (χ1n) is 7.03. The molecule has 2 rings (SSSR count). The van der Waals surface area contributed by atoms with Gasteiger partial charge in [-0.25, -0.2) is 0 Å². The van der Waals surface area contributed by atoms with Gasteiger partial charge in [-0.15, -0.1) is 0 Å². The Bertz CT molecular complexity index is 601. The fourth-order valence-electron chi connectivity index (χ4n) is 2.24. The number of nitrogens with one attached hydrogen (secondary N) is 1. The van der Waals surface area contributed by atoms with Gasteiger partial charge in [0.2, 0.25) is 0 Å². The topological polar surface area (TPSA) is 41.5 Å². The highest BCUT2D eigenvalue weighted by Gasteiger charge is 2.10. The van der Waals surface area contributed by atoms with Crippen LogP contribution in [0.5, 0.6) is 5.75 Å². The van der Waals surface area contributed by atoms with Crippen LogP contribution >= 0.6 is 11.6 Å². The molecule has 0 saturated heterocycles. The molecule has 21 heavy (non-hydrogen) atoms. The second-order valence-electron chi connectivity index (χ2n) is 4.80. The third-order valence-electron chi connectivity index (χ3n) is 3.29. The van der Waals surface area contributed by atoms with Gasteiger partial charge in [-0.2, -0.15) is 0 Å². The predicted molar refractivity (Wildman–Crippen MR) is 87.0 cm³/mol. The molecule has 0 amide bonds. The van der Waals surface area contributed by atoms with Crippen LogP contribution in [0.4, 0.5) is 5.69 Å². The van der Waals surface area contributed by atoms with E-state index in [1.54, 1.807) is 0 Å². The lowest BCUT2D eigenvalue weighted by molar-refractivity contribution is 0.267. The second-order valence-corrected chi connectivity index (χ2v) is 5.21. The summed E-state index contributed by atoms with van der Waals surface area (Å²) in [5, 5.41) is 13.6. The summed E-state index contributed by atoms with van der Waals surface area (Å²) >= 11 is 6.21. The summed E-state index contributed by atoms with van der Waals surface area (Å²) in [6.07, 6.45) is 0. The van der Waals surface area contributed by atoms with Crippen LogP contribution < -0.4 is 10.1 Å². The van der Waals surface area contributed by atoms with Crippen LogP contribution in [0, 0.1) is 0 Å². The Balaban J connectivity index is 2.18. The van der Waals surface area contributed by atoms with Crippen molar-refractivity contribution >= 4 is 17.3 Å². The molecule has 0 spiro atoms. The second kappa shape index (κ2) is 7.34. The van der Waals surface area contributed by atoms with Crippen molar-refractivity contribution in [1.29, 1.82) is 0 Å². The van der Waals surface area contributed by atoms with Crippen LogP contribution in [-0.2, 0) is 6.61 Å². The molecule has 0 aliphatic heterocycles. The van der Waals surface area contributed by atoms with Gasteiger partial charge in [0.05, 0.1) is 13.2 Å². The van der Waals surface area contributed by atoms with E-state index in [2.05, 4.69) is 12.2 Å². The molecule has 0 fully saturated rings. The zero-order chi connectivity index (χ0) is 15.2. The number of aliphatic hydroxyl groups excluding tert-OH is 1. The molecule has 2 aromatic carbocycles. The summed E-state index contributed by atoms with van der Waals surface area (Å²) in [5.41, 5.74) is 2.74. The van der Waals surface area contributed by atoms with Crippen LogP contribution in [0.15, 0.2) is 42.5 Å². The van der Waals surface area contributed by atoms with E-state index in [0.717, 1.165) is 27.6 Å². The molecule has 0 saturated carbocycles. The summed E-state index contributed by atoms with van der Waals surface area (Å²) in [6, 6.07) is 13.6. The van der Waals surface area contributed by atoms with E-state index in [0.29, 0.717) is 6.61 Å². The number of anilines is 1. The van der Waals surface area contributed by atoms with Crippen molar-refractivity contribution in [3.8, 4) is 5.75 Å². The van der Waals surface area contributed by atoms with Crippen LogP contribution in [0.1, 0.15) is 31.0 Å². The van der Waals surface area contributed by atoms with Crippen molar-refractivity contribution < 1.29 is 9.84 Å². The van der Waals surface area contributed by atoms with Crippen molar-refractivity contribution in [3.63, 3.8) is 0 Å². The van der Waals surface area contributed by atoms with E-state index >= 15 is 0 Å². The Labute approximate surface area is 130 Å². The highest BCUT2D eigenvalue weighted by Crippen LogP contribution is 2.28. The van der Waals surface area contributed by atoms with Gasteiger partial charge in [0.25, 0.3) is 0 Å². The molecule has 2 N–H and O–H groups in total. The van der Waals surface area contributed by atoms with E-state index in [1.165, 1.54) is 0 Å². The summed E-state index contributed by atoms with van der Waals surface area (Å²) in [5.74, 6) is 0.718. The monoisotopic (exact) mass is 305 g/mol. The largest absolute Gasteiger partial charge is 0.494 e. The summed E-state index contributed by atoms with van der Waals surface area (Å²) in [7, 11) is 0. The Hall–Kier alpha value is -1.71. The van der Waals surface area contributed by atoms with Crippen LogP contribution in [0.3, 0.4) is 0 Å². The van der Waals surface area contributed by atoms with Crippen LogP contribution in [0.2, 0.25) is 5.02 Å². The molecule has 4 heteroatoms. The van der Waals surface area contributed by atoms with Crippen molar-refractivity contribution in [2.24, 2.45) is 0 Å². The number of benzene rings is 2. The van der Waals surface area contributed by atoms with Gasteiger partial charge in [0.15, 0.2) is 0 Å². The minimum Gasteiger partial charge on any atom is -0.494 e. The number of hydrogen-bond donors (Lipinski definition) is 2. The average molecular weight is 306 g/mol. The van der Waals surface area contributed by atoms with Crippen molar-refractivity contribution in [2.45, 2.75) is 26.5 Å². The van der Waals surface area contributed by atoms with Gasteiger partial charge < -0.3 is 15.2 Å². The number of ether oxygens (including phenoxy) is 1. The number of hydrogen-bond acceptors (Lipinski definition) is 3. The normalized spacial score (nSPS) is 12.0. The zero-order valence-electron chi connectivity index (χ0n) is 12.3. The van der Waals surface area contributed by atoms with E-state index in [4.69, 9.17) is 16.3 Å². The first kappa shape index (κ1) is 15.7. The fraction of sp³-hybridized carbons (Fsp3) is 0.294. The SMILES string of the molecule is CCOc1ccc(N[C@@H](C)c2ccccc2Cl)cc1CO. The van der Waals surface area contributed by atoms with E-state index in [-0.39, 0.29) is 12.6 Å². The van der Waals surface area contributed by atoms with Crippen LogP contribution in [-0.4, -0.2) is 11.7 Å². The molecule has 1 atom stereocenters. The number of halogens is 1. The third-order valence-corrected chi connectivity index (χ3v) is 3.63. The first-order chi connectivity index (χ1) is 10.2. The quantitative estimate of drug-likeness (QED) is 0.831. The summed E-state index contributed by atoms with van der Waals surface area (Å²) < 4.78 is 5.48. The Morgan fingerprint density at radius 2 is 2.00 bits per heavy atom. The molecule has 0 heterocycles. The highest BCUT2D eigenvalue weighted by molar-refractivity contribution is 6.31. The standard InChI is InChI=1S/C17H20ClNO2/c1-3-21-17-9-8-14(10-13(17)11-20)19-12(2)15-6-4-5-7-16(15)18/h4-10,12,19-20H,3,11H2,1-2H3/t12-/m0/s1. The van der Waals surface area contributed by atoms with E-state index < -0.39 is 0 Å². The molecule has 0 aromatic heterocycles. The Morgan fingerprint density at radius 3 is 2.67 bits per heavy atom. The molecule has 0 unspecified atom stereocenters. The Kier molecular flexibility index (Phi) is 5.48. The van der Waals surface area contributed by atoms with E-state index in [1.807, 2.05) is 49.4 Å². The van der Waals surface area contributed by atoms with E-state index in [9.17, 15) is 5.11 Å². The minimum absolute atomic E-state index is 0.0503. The highest BCUT2D eigenvalue weighted by atomic mass is 35.5. The molecule has 0 radical (unpaired) electrons. The maximum atomic E-state index is 9.44. The molecule has 0 bridgehead atoms. The lowest BCUT2D eigenvalue weighted by atomic mass is 10.1. The first-order valence-corrected chi connectivity index (χ1v) is 7.41. The predicted octanol–water partition coefficient (Wildman–Crippen LogP) is 4.40. The number of aliphatic hydroxyl groups is 1. The maximum absolute atomic E-state index is 9.44. The average Bonchev–Trinajstić information content (AvgIpc) is 2.49. The maximum Gasteiger partial charge on any atom is 0.124 e. The summed E-state index contributed by atoms with van der Waals surface area (Å²) in [6.45, 7) is 4.50. The molecular weight excluding hydrogens is 286 g/mol. The van der Waals surface area contributed by atoms with Crippen molar-refractivity contribution in [1.82, 2.24) is 0 Å².